The number of esters is 1. The number of hydrogen-bond donors (Lipinski definition) is 1. The first kappa shape index (κ1) is 28.8. The van der Waals surface area contributed by atoms with E-state index in [0.717, 1.165) is 25.4 Å². The van der Waals surface area contributed by atoms with Crippen LogP contribution in [0.2, 0.25) is 0 Å². The molecule has 0 saturated carbocycles. The van der Waals surface area contributed by atoms with Gasteiger partial charge in [-0.25, -0.2) is 19.6 Å². The molecular weight excluding hydrogens is 587 g/mol. The van der Waals surface area contributed by atoms with Crippen LogP contribution in [0.4, 0.5) is 0 Å². The SMILES string of the molecule is Cc1[nH]c2ccc(OCc3nc4ccccc4s3)c(C(=O)OC(C)(C)C)c2c1CC(=O)OOCc1nc2ccccc2s1. The fourth-order valence-corrected chi connectivity index (χ4v) is 6.51. The maximum Gasteiger partial charge on any atom is 0.346 e. The zero-order chi connectivity index (χ0) is 30.1. The Balaban J connectivity index is 1.25. The number of H-pyrrole nitrogens is 1. The molecule has 0 saturated heterocycles. The molecule has 0 radical (unpaired) electrons. The lowest BCUT2D eigenvalue weighted by Crippen LogP contribution is -2.24. The highest BCUT2D eigenvalue weighted by molar-refractivity contribution is 7.18. The van der Waals surface area contributed by atoms with Crippen molar-refractivity contribution in [2.45, 2.75) is 52.9 Å². The quantitative estimate of drug-likeness (QED) is 0.101. The number of aromatic nitrogens is 3. The molecular formula is C32H29N3O6S2. The van der Waals surface area contributed by atoms with Gasteiger partial charge >= 0.3 is 11.9 Å². The maximum absolute atomic E-state index is 13.6. The van der Waals surface area contributed by atoms with E-state index in [1.807, 2.05) is 61.5 Å². The topological polar surface area (TPSA) is 113 Å². The molecule has 0 aliphatic rings. The maximum atomic E-state index is 13.6. The Morgan fingerprint density at radius 2 is 1.49 bits per heavy atom. The molecule has 0 bridgehead atoms. The molecule has 0 atom stereocenters. The van der Waals surface area contributed by atoms with Crippen molar-refractivity contribution in [1.29, 1.82) is 0 Å². The van der Waals surface area contributed by atoms with Crippen LogP contribution >= 0.6 is 22.7 Å². The van der Waals surface area contributed by atoms with E-state index in [2.05, 4.69) is 15.0 Å². The Bertz CT molecular complexity index is 1900. The van der Waals surface area contributed by atoms with Crippen LogP contribution in [0.1, 0.15) is 52.4 Å². The van der Waals surface area contributed by atoms with Gasteiger partial charge in [0.05, 0.1) is 26.9 Å². The summed E-state index contributed by atoms with van der Waals surface area (Å²) in [7, 11) is 0. The number of nitrogens with one attached hydrogen (secondary N) is 1. The first-order valence-electron chi connectivity index (χ1n) is 13.7. The van der Waals surface area contributed by atoms with Crippen LogP contribution in [-0.2, 0) is 38.9 Å². The number of benzene rings is 3. The third kappa shape index (κ3) is 6.38. The zero-order valence-corrected chi connectivity index (χ0v) is 25.7. The van der Waals surface area contributed by atoms with Crippen molar-refractivity contribution in [3.05, 3.63) is 87.5 Å². The molecule has 0 aliphatic heterocycles. The molecule has 0 unspecified atom stereocenters. The number of carbonyl (C=O) groups excluding carboxylic acids is 2. The van der Waals surface area contributed by atoms with Crippen LogP contribution in [0.5, 0.6) is 5.75 Å². The molecule has 0 spiro atoms. The minimum Gasteiger partial charge on any atom is -0.485 e. The summed E-state index contributed by atoms with van der Waals surface area (Å²) < 4.78 is 14.1. The van der Waals surface area contributed by atoms with Crippen molar-refractivity contribution in [2.24, 2.45) is 0 Å². The highest BCUT2D eigenvalue weighted by Crippen LogP contribution is 2.35. The third-order valence-electron chi connectivity index (χ3n) is 6.53. The van der Waals surface area contributed by atoms with E-state index in [4.69, 9.17) is 19.2 Å². The second-order valence-electron chi connectivity index (χ2n) is 10.9. The van der Waals surface area contributed by atoms with Crippen molar-refractivity contribution in [1.82, 2.24) is 15.0 Å². The molecule has 3 aromatic carbocycles. The molecule has 0 aliphatic carbocycles. The average molecular weight is 616 g/mol. The summed E-state index contributed by atoms with van der Waals surface area (Å²) in [5.41, 5.74) is 3.22. The van der Waals surface area contributed by atoms with E-state index in [0.29, 0.717) is 32.9 Å². The van der Waals surface area contributed by atoms with Crippen LogP contribution in [0.25, 0.3) is 31.3 Å². The predicted octanol–water partition coefficient (Wildman–Crippen LogP) is 7.45. The molecule has 11 heteroatoms. The monoisotopic (exact) mass is 615 g/mol. The van der Waals surface area contributed by atoms with Gasteiger partial charge in [0, 0.05) is 16.6 Å². The normalized spacial score (nSPS) is 11.8. The first-order chi connectivity index (χ1) is 20.6. The van der Waals surface area contributed by atoms with Gasteiger partial charge < -0.3 is 14.5 Å². The molecule has 9 nitrogen and oxygen atoms in total. The van der Waals surface area contributed by atoms with E-state index >= 15 is 0 Å². The Kier molecular flexibility index (Phi) is 7.87. The van der Waals surface area contributed by atoms with Gasteiger partial charge in [-0.1, -0.05) is 24.3 Å². The van der Waals surface area contributed by atoms with Crippen LogP contribution in [0, 0.1) is 6.92 Å². The van der Waals surface area contributed by atoms with Crippen molar-refractivity contribution >= 4 is 65.9 Å². The summed E-state index contributed by atoms with van der Waals surface area (Å²) in [6.07, 6.45) is -0.136. The number of ether oxygens (including phenoxy) is 2. The van der Waals surface area contributed by atoms with Gasteiger partial charge in [0.1, 0.15) is 40.1 Å². The van der Waals surface area contributed by atoms with Gasteiger partial charge in [0.15, 0.2) is 0 Å². The molecule has 0 fully saturated rings. The lowest BCUT2D eigenvalue weighted by Gasteiger charge is -2.21. The van der Waals surface area contributed by atoms with Crippen molar-refractivity contribution in [3.8, 4) is 5.75 Å². The molecule has 220 valence electrons. The molecule has 3 heterocycles. The number of carbonyl (C=O) groups is 2. The number of hydrogen-bond acceptors (Lipinski definition) is 10. The van der Waals surface area contributed by atoms with Gasteiger partial charge in [-0.2, -0.15) is 4.89 Å². The summed E-state index contributed by atoms with van der Waals surface area (Å²) in [5, 5.41) is 2.01. The van der Waals surface area contributed by atoms with Crippen molar-refractivity contribution in [3.63, 3.8) is 0 Å². The van der Waals surface area contributed by atoms with E-state index in [9.17, 15) is 9.59 Å². The Morgan fingerprint density at radius 1 is 0.860 bits per heavy atom. The fraction of sp³-hybridized carbons (Fsp3) is 0.250. The highest BCUT2D eigenvalue weighted by atomic mass is 32.1. The van der Waals surface area contributed by atoms with Gasteiger partial charge in [0.25, 0.3) is 0 Å². The summed E-state index contributed by atoms with van der Waals surface area (Å²) in [4.78, 5) is 49.3. The van der Waals surface area contributed by atoms with E-state index in [-0.39, 0.29) is 25.2 Å². The summed E-state index contributed by atoms with van der Waals surface area (Å²) in [6, 6.07) is 19.2. The molecule has 43 heavy (non-hydrogen) atoms. The van der Waals surface area contributed by atoms with Crippen molar-refractivity contribution < 1.29 is 28.8 Å². The molecule has 3 aromatic heterocycles. The molecule has 1 N–H and O–H groups in total. The number of rotatable bonds is 9. The highest BCUT2D eigenvalue weighted by Gasteiger charge is 2.28. The summed E-state index contributed by atoms with van der Waals surface area (Å²) >= 11 is 3.00. The van der Waals surface area contributed by atoms with Gasteiger partial charge in [0.2, 0.25) is 0 Å². The summed E-state index contributed by atoms with van der Waals surface area (Å²) in [5.74, 6) is -0.833. The Morgan fingerprint density at radius 3 is 2.12 bits per heavy atom. The lowest BCUT2D eigenvalue weighted by atomic mass is 10.0. The van der Waals surface area contributed by atoms with Crippen LogP contribution < -0.4 is 4.74 Å². The number of aromatic amines is 1. The van der Waals surface area contributed by atoms with Gasteiger partial charge in [-0.3, -0.25) is 4.89 Å². The van der Waals surface area contributed by atoms with E-state index in [1.54, 1.807) is 26.8 Å². The molecule has 0 amide bonds. The fourth-order valence-electron chi connectivity index (χ4n) is 4.76. The first-order valence-corrected chi connectivity index (χ1v) is 15.3. The second-order valence-corrected chi connectivity index (χ2v) is 13.2. The number of nitrogens with zero attached hydrogens (tertiary/aromatic N) is 2. The third-order valence-corrected chi connectivity index (χ3v) is 8.55. The number of para-hydroxylation sites is 2. The minimum atomic E-state index is -0.748. The predicted molar refractivity (Wildman–Crippen MR) is 166 cm³/mol. The van der Waals surface area contributed by atoms with Crippen molar-refractivity contribution in [2.75, 3.05) is 0 Å². The minimum absolute atomic E-state index is 0.0326. The second kappa shape index (κ2) is 11.8. The van der Waals surface area contributed by atoms with Gasteiger partial charge in [-0.15, -0.1) is 22.7 Å². The number of aryl methyl sites for hydroxylation is 1. The number of fused-ring (bicyclic) bond motifs is 3. The van der Waals surface area contributed by atoms with E-state index in [1.165, 1.54) is 22.7 Å². The average Bonchev–Trinajstić information content (AvgIpc) is 3.65. The standard InChI is InChI=1S/C32H29N3O6S2/c1-18-19(15-28(36)41-39-17-27-35-21-10-6-8-12-25(21)43-27)29-22(33-18)13-14-23(30(29)31(37)40-32(2,3)4)38-16-26-34-20-9-5-7-11-24(20)42-26/h5-14,33H,15-17H2,1-4H3. The molecule has 6 aromatic rings. The van der Waals surface area contributed by atoms with E-state index < -0.39 is 17.5 Å². The van der Waals surface area contributed by atoms with Crippen LogP contribution in [-0.4, -0.2) is 32.5 Å². The van der Waals surface area contributed by atoms with Gasteiger partial charge in [-0.05, 0) is 69.7 Å². The summed E-state index contributed by atoms with van der Waals surface area (Å²) in [6.45, 7) is 7.44. The Labute approximate surface area is 255 Å². The zero-order valence-electron chi connectivity index (χ0n) is 24.1. The van der Waals surface area contributed by atoms with Crippen LogP contribution in [0.15, 0.2) is 60.7 Å². The smallest absolute Gasteiger partial charge is 0.346 e. The largest absolute Gasteiger partial charge is 0.485 e. The van der Waals surface area contributed by atoms with Crippen LogP contribution in [0.3, 0.4) is 0 Å². The lowest BCUT2D eigenvalue weighted by molar-refractivity contribution is -0.279. The Hall–Kier alpha value is -4.32. The molecule has 6 rings (SSSR count). The number of thiazole rings is 2.